The zero-order valence-corrected chi connectivity index (χ0v) is 13.1. The molecule has 0 saturated carbocycles. The molecule has 1 unspecified atom stereocenters. The Hall–Kier alpha value is -1.72. The van der Waals surface area contributed by atoms with Gasteiger partial charge in [-0.3, -0.25) is 14.6 Å². The highest BCUT2D eigenvalue weighted by Gasteiger charge is 2.17. The maximum atomic E-state index is 5.97. The average Bonchev–Trinajstić information content (AvgIpc) is 2.97. The molecular weight excluding hydrogens is 262 g/mol. The molecule has 5 nitrogen and oxygen atoms in total. The maximum Gasteiger partial charge on any atom is 0.0538 e. The van der Waals surface area contributed by atoms with Crippen LogP contribution in [0.5, 0.6) is 0 Å². The first-order valence-corrected chi connectivity index (χ1v) is 7.45. The molecule has 114 valence electrons. The third-order valence-corrected chi connectivity index (χ3v) is 3.79. The number of pyridine rings is 1. The van der Waals surface area contributed by atoms with Crippen molar-refractivity contribution < 1.29 is 0 Å². The Labute approximate surface area is 126 Å². The van der Waals surface area contributed by atoms with Crippen molar-refractivity contribution in [3.8, 4) is 0 Å². The summed E-state index contributed by atoms with van der Waals surface area (Å²) in [5, 5.41) is 4.41. The molecule has 2 rings (SSSR count). The number of hydrogen-bond donors (Lipinski definition) is 1. The Kier molecular flexibility index (Phi) is 5.47. The molecule has 0 fully saturated rings. The van der Waals surface area contributed by atoms with E-state index in [2.05, 4.69) is 54.2 Å². The van der Waals surface area contributed by atoms with Crippen molar-refractivity contribution in [1.29, 1.82) is 0 Å². The van der Waals surface area contributed by atoms with E-state index in [1.807, 2.05) is 23.3 Å². The Morgan fingerprint density at radius 2 is 2.00 bits per heavy atom. The predicted octanol–water partition coefficient (Wildman–Crippen LogP) is 2.03. The number of hydrogen-bond acceptors (Lipinski definition) is 4. The van der Waals surface area contributed by atoms with Gasteiger partial charge in [0.15, 0.2) is 0 Å². The van der Waals surface area contributed by atoms with Crippen molar-refractivity contribution in [1.82, 2.24) is 19.7 Å². The summed E-state index contributed by atoms with van der Waals surface area (Å²) >= 11 is 0. The molecule has 0 bridgehead atoms. The van der Waals surface area contributed by atoms with E-state index in [0.717, 1.165) is 13.0 Å². The van der Waals surface area contributed by atoms with Crippen LogP contribution in [0.15, 0.2) is 36.9 Å². The summed E-state index contributed by atoms with van der Waals surface area (Å²) in [4.78, 5) is 6.34. The minimum atomic E-state index is 0.208. The van der Waals surface area contributed by atoms with Crippen LogP contribution in [-0.2, 0) is 6.42 Å². The van der Waals surface area contributed by atoms with Crippen LogP contribution in [0.4, 0.5) is 0 Å². The molecule has 2 aromatic rings. The first-order chi connectivity index (χ1) is 10.1. The largest absolute Gasteiger partial charge is 0.329 e. The standard InChI is InChI=1S/C16H25N5/c1-13(2)21-12-15(11-19-21)16(10-17)20(3)9-6-14-4-7-18-8-5-14/h4-5,7-8,11-13,16H,6,9-10,17H2,1-3H3. The van der Waals surface area contributed by atoms with Crippen molar-refractivity contribution in [2.45, 2.75) is 32.4 Å². The summed E-state index contributed by atoms with van der Waals surface area (Å²) in [6.07, 6.45) is 8.70. The van der Waals surface area contributed by atoms with Gasteiger partial charge in [-0.05, 0) is 45.0 Å². The van der Waals surface area contributed by atoms with Crippen LogP contribution in [0.2, 0.25) is 0 Å². The minimum Gasteiger partial charge on any atom is -0.329 e. The monoisotopic (exact) mass is 287 g/mol. The van der Waals surface area contributed by atoms with Crippen molar-refractivity contribution >= 4 is 0 Å². The third kappa shape index (κ3) is 4.12. The normalized spacial score (nSPS) is 13.0. The fourth-order valence-electron chi connectivity index (χ4n) is 2.39. The molecule has 2 aromatic heterocycles. The fraction of sp³-hybridized carbons (Fsp3) is 0.500. The van der Waals surface area contributed by atoms with Crippen LogP contribution in [0.1, 0.15) is 37.1 Å². The second-order valence-corrected chi connectivity index (χ2v) is 5.68. The molecule has 0 spiro atoms. The van der Waals surface area contributed by atoms with E-state index in [0.29, 0.717) is 12.6 Å². The molecule has 21 heavy (non-hydrogen) atoms. The summed E-state index contributed by atoms with van der Waals surface area (Å²) in [6, 6.07) is 4.70. The summed E-state index contributed by atoms with van der Waals surface area (Å²) < 4.78 is 1.98. The number of nitrogens with two attached hydrogens (primary N) is 1. The first kappa shape index (κ1) is 15.7. The molecule has 2 heterocycles. The predicted molar refractivity (Wildman–Crippen MR) is 85.0 cm³/mol. The lowest BCUT2D eigenvalue weighted by atomic mass is 10.1. The lowest BCUT2D eigenvalue weighted by Gasteiger charge is -2.26. The molecule has 0 radical (unpaired) electrons. The van der Waals surface area contributed by atoms with Gasteiger partial charge in [-0.2, -0.15) is 5.10 Å². The van der Waals surface area contributed by atoms with Gasteiger partial charge in [-0.15, -0.1) is 0 Å². The van der Waals surface area contributed by atoms with E-state index in [9.17, 15) is 0 Å². The summed E-state index contributed by atoms with van der Waals surface area (Å²) in [5.74, 6) is 0. The molecule has 0 amide bonds. The van der Waals surface area contributed by atoms with Gasteiger partial charge in [0.1, 0.15) is 0 Å². The minimum absolute atomic E-state index is 0.208. The summed E-state index contributed by atoms with van der Waals surface area (Å²) in [7, 11) is 2.12. The Morgan fingerprint density at radius 3 is 2.57 bits per heavy atom. The van der Waals surface area contributed by atoms with Gasteiger partial charge >= 0.3 is 0 Å². The lowest BCUT2D eigenvalue weighted by Crippen LogP contribution is -2.32. The molecule has 2 N–H and O–H groups in total. The van der Waals surface area contributed by atoms with Gasteiger partial charge in [0.05, 0.1) is 6.20 Å². The number of nitrogens with zero attached hydrogens (tertiary/aromatic N) is 4. The van der Waals surface area contributed by atoms with Crippen LogP contribution < -0.4 is 5.73 Å². The highest BCUT2D eigenvalue weighted by atomic mass is 15.3. The topological polar surface area (TPSA) is 60.0 Å². The van der Waals surface area contributed by atoms with Gasteiger partial charge in [0, 0.05) is 49.3 Å². The molecule has 0 aliphatic carbocycles. The van der Waals surface area contributed by atoms with Crippen LogP contribution in [-0.4, -0.2) is 39.8 Å². The summed E-state index contributed by atoms with van der Waals surface area (Å²) in [6.45, 7) is 5.80. The molecule has 0 aromatic carbocycles. The van der Waals surface area contributed by atoms with E-state index in [1.54, 1.807) is 0 Å². The zero-order valence-electron chi connectivity index (χ0n) is 13.1. The fourth-order valence-corrected chi connectivity index (χ4v) is 2.39. The highest BCUT2D eigenvalue weighted by Crippen LogP contribution is 2.19. The number of rotatable bonds is 7. The SMILES string of the molecule is CC(C)n1cc(C(CN)N(C)CCc2ccncc2)cn1. The molecule has 0 aliphatic heterocycles. The number of likely N-dealkylation sites (N-methyl/N-ethyl adjacent to an activating group) is 1. The molecule has 5 heteroatoms. The zero-order chi connectivity index (χ0) is 15.2. The van der Waals surface area contributed by atoms with E-state index in [-0.39, 0.29) is 6.04 Å². The van der Waals surface area contributed by atoms with Crippen molar-refractivity contribution in [2.75, 3.05) is 20.1 Å². The lowest BCUT2D eigenvalue weighted by molar-refractivity contribution is 0.253. The quantitative estimate of drug-likeness (QED) is 0.846. The van der Waals surface area contributed by atoms with Crippen LogP contribution >= 0.6 is 0 Å². The molecular formula is C16H25N5. The van der Waals surface area contributed by atoms with Gasteiger partial charge in [-0.1, -0.05) is 0 Å². The second-order valence-electron chi connectivity index (χ2n) is 5.68. The Morgan fingerprint density at radius 1 is 1.29 bits per heavy atom. The Balaban J connectivity index is 1.99. The first-order valence-electron chi connectivity index (χ1n) is 7.45. The van der Waals surface area contributed by atoms with Gasteiger partial charge < -0.3 is 5.73 Å². The van der Waals surface area contributed by atoms with E-state index in [1.165, 1.54) is 11.1 Å². The van der Waals surface area contributed by atoms with Crippen LogP contribution in [0.3, 0.4) is 0 Å². The van der Waals surface area contributed by atoms with E-state index >= 15 is 0 Å². The van der Waals surface area contributed by atoms with Crippen molar-refractivity contribution in [2.24, 2.45) is 5.73 Å². The average molecular weight is 287 g/mol. The molecule has 0 saturated heterocycles. The van der Waals surface area contributed by atoms with Crippen LogP contribution in [0.25, 0.3) is 0 Å². The third-order valence-electron chi connectivity index (χ3n) is 3.79. The van der Waals surface area contributed by atoms with Crippen molar-refractivity contribution in [3.63, 3.8) is 0 Å². The van der Waals surface area contributed by atoms with Crippen molar-refractivity contribution in [3.05, 3.63) is 48.0 Å². The van der Waals surface area contributed by atoms with E-state index < -0.39 is 0 Å². The van der Waals surface area contributed by atoms with Gasteiger partial charge in [0.2, 0.25) is 0 Å². The smallest absolute Gasteiger partial charge is 0.0538 e. The van der Waals surface area contributed by atoms with Crippen LogP contribution in [0, 0.1) is 0 Å². The van der Waals surface area contributed by atoms with Gasteiger partial charge in [-0.25, -0.2) is 0 Å². The summed E-state index contributed by atoms with van der Waals surface area (Å²) in [5.41, 5.74) is 8.45. The van der Waals surface area contributed by atoms with Gasteiger partial charge in [0.25, 0.3) is 0 Å². The van der Waals surface area contributed by atoms with E-state index in [4.69, 9.17) is 5.73 Å². The maximum absolute atomic E-state index is 5.97. The number of aromatic nitrogens is 3. The second kappa shape index (κ2) is 7.33. The Bertz CT molecular complexity index is 535. The highest BCUT2D eigenvalue weighted by molar-refractivity contribution is 5.13. The molecule has 0 aliphatic rings. The molecule has 1 atom stereocenters.